The molecule has 2 heterocycles. The first-order chi connectivity index (χ1) is 14.0. The van der Waals surface area contributed by atoms with Crippen LogP contribution in [-0.2, 0) is 4.74 Å². The quantitative estimate of drug-likeness (QED) is 0.668. The van der Waals surface area contributed by atoms with Crippen LogP contribution in [0.15, 0.2) is 42.9 Å². The fraction of sp³-hybridized carbons (Fsp3) is 0.238. The molecule has 1 aromatic carbocycles. The van der Waals surface area contributed by atoms with Crippen LogP contribution in [0.2, 0.25) is 0 Å². The monoisotopic (exact) mass is 394 g/mol. The maximum atomic E-state index is 14.5. The van der Waals surface area contributed by atoms with E-state index in [9.17, 15) is 14.0 Å². The van der Waals surface area contributed by atoms with Gasteiger partial charge >= 0.3 is 5.97 Å². The van der Waals surface area contributed by atoms with Crippen LogP contribution in [0.4, 0.5) is 10.2 Å². The van der Waals surface area contributed by atoms with E-state index in [1.165, 1.54) is 31.4 Å². The number of anilines is 1. The molecule has 0 bridgehead atoms. The van der Waals surface area contributed by atoms with Crippen LogP contribution in [0, 0.1) is 12.7 Å². The van der Waals surface area contributed by atoms with E-state index in [1.807, 2.05) is 6.20 Å². The fourth-order valence-corrected chi connectivity index (χ4v) is 3.08. The number of aromatic nitrogens is 3. The minimum Gasteiger partial charge on any atom is -0.464 e. The number of ether oxygens (including phenoxy) is 1. The first-order valence-electron chi connectivity index (χ1n) is 9.17. The first-order valence-corrected chi connectivity index (χ1v) is 9.17. The Kier molecular flexibility index (Phi) is 4.84. The third-order valence-corrected chi connectivity index (χ3v) is 4.79. The van der Waals surface area contributed by atoms with Crippen LogP contribution in [0.25, 0.3) is 5.69 Å². The maximum Gasteiger partial charge on any atom is 0.356 e. The van der Waals surface area contributed by atoms with Crippen LogP contribution in [-0.4, -0.2) is 33.5 Å². The van der Waals surface area contributed by atoms with Gasteiger partial charge in [0.1, 0.15) is 11.6 Å². The summed E-state index contributed by atoms with van der Waals surface area (Å²) in [6.07, 6.45) is 5.85. The smallest absolute Gasteiger partial charge is 0.356 e. The number of benzene rings is 1. The average molecular weight is 394 g/mol. The summed E-state index contributed by atoms with van der Waals surface area (Å²) >= 11 is 0. The summed E-state index contributed by atoms with van der Waals surface area (Å²) in [5.74, 6) is -1.32. The summed E-state index contributed by atoms with van der Waals surface area (Å²) in [7, 11) is 1.24. The number of carbonyl (C=O) groups is 2. The van der Waals surface area contributed by atoms with Crippen LogP contribution in [0.5, 0.6) is 0 Å². The van der Waals surface area contributed by atoms with Crippen molar-refractivity contribution >= 4 is 17.7 Å². The number of imidazole rings is 1. The molecule has 2 aromatic heterocycles. The number of amides is 1. The molecule has 1 amide bonds. The van der Waals surface area contributed by atoms with Gasteiger partial charge in [-0.15, -0.1) is 0 Å². The van der Waals surface area contributed by atoms with Gasteiger partial charge in [-0.2, -0.15) is 0 Å². The van der Waals surface area contributed by atoms with Crippen molar-refractivity contribution in [2.75, 3.05) is 12.4 Å². The van der Waals surface area contributed by atoms with Crippen LogP contribution < -0.4 is 5.32 Å². The summed E-state index contributed by atoms with van der Waals surface area (Å²) in [5, 5.41) is 2.53. The van der Waals surface area contributed by atoms with Gasteiger partial charge in [0.25, 0.3) is 5.91 Å². The van der Waals surface area contributed by atoms with Gasteiger partial charge in [0.05, 0.1) is 30.4 Å². The lowest BCUT2D eigenvalue weighted by atomic mass is 10.1. The second-order valence-corrected chi connectivity index (χ2v) is 6.95. The molecule has 0 unspecified atom stereocenters. The molecule has 0 atom stereocenters. The molecule has 0 spiro atoms. The molecular formula is C21H19FN4O3. The SMILES string of the molecule is COC(=O)c1cccc(NC(=O)c2cc(-n3cnc(C4CC4)c3)c(C)cc2F)n1. The number of rotatable bonds is 5. The Morgan fingerprint density at radius 1 is 1.28 bits per heavy atom. The van der Waals surface area contributed by atoms with Crippen molar-refractivity contribution in [3.8, 4) is 5.69 Å². The van der Waals surface area contributed by atoms with Crippen molar-refractivity contribution in [3.05, 3.63) is 71.2 Å². The molecule has 1 saturated carbocycles. The Labute approximate surface area is 166 Å². The number of nitrogens with one attached hydrogen (secondary N) is 1. The topological polar surface area (TPSA) is 86.1 Å². The lowest BCUT2D eigenvalue weighted by Gasteiger charge is -2.11. The van der Waals surface area contributed by atoms with Crippen molar-refractivity contribution in [2.24, 2.45) is 0 Å². The zero-order valence-corrected chi connectivity index (χ0v) is 16.0. The number of methoxy groups -OCH3 is 1. The normalized spacial score (nSPS) is 13.2. The maximum absolute atomic E-state index is 14.5. The molecular weight excluding hydrogens is 375 g/mol. The Morgan fingerprint density at radius 3 is 2.79 bits per heavy atom. The average Bonchev–Trinajstić information content (AvgIpc) is 3.45. The summed E-state index contributed by atoms with van der Waals surface area (Å²) in [5.41, 5.74) is 2.28. The molecule has 0 aliphatic heterocycles. The molecule has 8 heteroatoms. The first kappa shape index (κ1) is 18.8. The van der Waals surface area contributed by atoms with Crippen molar-refractivity contribution in [1.82, 2.24) is 14.5 Å². The Bertz CT molecular complexity index is 1110. The Balaban J connectivity index is 1.62. The minimum absolute atomic E-state index is 0.0430. The summed E-state index contributed by atoms with van der Waals surface area (Å²) in [4.78, 5) is 32.7. The number of hydrogen-bond donors (Lipinski definition) is 1. The second kappa shape index (κ2) is 7.46. The van der Waals surface area contributed by atoms with Crippen molar-refractivity contribution in [2.45, 2.75) is 25.7 Å². The van der Waals surface area contributed by atoms with Gasteiger partial charge in [-0.3, -0.25) is 4.79 Å². The lowest BCUT2D eigenvalue weighted by molar-refractivity contribution is 0.0594. The van der Waals surface area contributed by atoms with Gasteiger partial charge < -0.3 is 14.6 Å². The predicted octanol–water partition coefficient (Wildman–Crippen LogP) is 3.63. The second-order valence-electron chi connectivity index (χ2n) is 6.95. The van der Waals surface area contributed by atoms with Crippen LogP contribution in [0.3, 0.4) is 0 Å². The molecule has 29 heavy (non-hydrogen) atoms. The molecule has 1 aliphatic carbocycles. The van der Waals surface area contributed by atoms with Crippen LogP contribution >= 0.6 is 0 Å². The zero-order valence-electron chi connectivity index (χ0n) is 16.0. The van der Waals surface area contributed by atoms with Crippen molar-refractivity contribution < 1.29 is 18.7 Å². The molecule has 7 nitrogen and oxygen atoms in total. The molecule has 1 fully saturated rings. The van der Waals surface area contributed by atoms with E-state index in [0.717, 1.165) is 18.5 Å². The van der Waals surface area contributed by atoms with Crippen LogP contribution in [0.1, 0.15) is 50.9 Å². The minimum atomic E-state index is -0.666. The highest BCUT2D eigenvalue weighted by Gasteiger charge is 2.26. The molecule has 4 rings (SSSR count). The molecule has 0 saturated heterocycles. The van der Waals surface area contributed by atoms with E-state index in [0.29, 0.717) is 17.2 Å². The van der Waals surface area contributed by atoms with E-state index in [2.05, 4.69) is 20.0 Å². The highest BCUT2D eigenvalue weighted by atomic mass is 19.1. The number of pyridine rings is 1. The standard InChI is InChI=1S/C21H19FN4O3/c1-12-8-15(22)14(9-18(12)26-10-17(23-11-26)13-6-7-13)20(27)25-19-5-3-4-16(24-19)21(28)29-2/h3-5,8-11,13H,6-7H2,1-2H3,(H,24,25,27). The highest BCUT2D eigenvalue weighted by molar-refractivity contribution is 6.04. The van der Waals surface area contributed by atoms with E-state index < -0.39 is 17.7 Å². The van der Waals surface area contributed by atoms with Gasteiger partial charge in [-0.1, -0.05) is 6.07 Å². The Hall–Kier alpha value is -3.55. The number of aryl methyl sites for hydroxylation is 1. The predicted molar refractivity (Wildman–Crippen MR) is 104 cm³/mol. The molecule has 0 radical (unpaired) electrons. The zero-order chi connectivity index (χ0) is 20.5. The van der Waals surface area contributed by atoms with Crippen molar-refractivity contribution in [3.63, 3.8) is 0 Å². The van der Waals surface area contributed by atoms with Crippen molar-refractivity contribution in [1.29, 1.82) is 0 Å². The third-order valence-electron chi connectivity index (χ3n) is 4.79. The largest absolute Gasteiger partial charge is 0.464 e. The number of esters is 1. The summed E-state index contributed by atoms with van der Waals surface area (Å²) in [6.45, 7) is 1.78. The fourth-order valence-electron chi connectivity index (χ4n) is 3.08. The van der Waals surface area contributed by atoms with Gasteiger partial charge in [-0.05, 0) is 49.6 Å². The van der Waals surface area contributed by atoms with Gasteiger partial charge in [0.15, 0.2) is 5.69 Å². The number of carbonyl (C=O) groups excluding carboxylic acids is 2. The summed E-state index contributed by atoms with van der Waals surface area (Å²) in [6, 6.07) is 7.33. The van der Waals surface area contributed by atoms with Gasteiger partial charge in [0.2, 0.25) is 0 Å². The molecule has 1 aliphatic rings. The molecule has 1 N–H and O–H groups in total. The van der Waals surface area contributed by atoms with E-state index in [4.69, 9.17) is 0 Å². The summed E-state index contributed by atoms with van der Waals surface area (Å²) < 4.78 is 20.9. The number of hydrogen-bond acceptors (Lipinski definition) is 5. The molecule has 148 valence electrons. The lowest BCUT2D eigenvalue weighted by Crippen LogP contribution is -2.17. The van der Waals surface area contributed by atoms with E-state index in [-0.39, 0.29) is 17.1 Å². The van der Waals surface area contributed by atoms with Gasteiger partial charge in [-0.25, -0.2) is 19.2 Å². The molecule has 3 aromatic rings. The van der Waals surface area contributed by atoms with E-state index >= 15 is 0 Å². The van der Waals surface area contributed by atoms with E-state index in [1.54, 1.807) is 23.9 Å². The number of halogens is 1. The highest BCUT2D eigenvalue weighted by Crippen LogP contribution is 2.39. The van der Waals surface area contributed by atoms with Gasteiger partial charge in [0, 0.05) is 12.1 Å². The third kappa shape index (κ3) is 3.87. The Morgan fingerprint density at radius 2 is 2.07 bits per heavy atom. The number of nitrogens with zero attached hydrogens (tertiary/aromatic N) is 3.